The molecule has 0 saturated carbocycles. The third kappa shape index (κ3) is 3.48. The summed E-state index contributed by atoms with van der Waals surface area (Å²) in [5.41, 5.74) is 2.24. The fourth-order valence-electron chi connectivity index (χ4n) is 7.00. The van der Waals surface area contributed by atoms with Crippen LogP contribution >= 0.6 is 0 Å². The number of ketones is 2. The highest BCUT2D eigenvalue weighted by Crippen LogP contribution is 2.62. The number of carbonyl (C=O) groups is 3. The molecule has 1 N–H and O–H groups in total. The number of nitrogens with one attached hydrogen (secondary N) is 1. The minimum Gasteiger partial charge on any atom is -0.493 e. The topological polar surface area (TPSA) is 97.8 Å². The Kier molecular flexibility index (Phi) is 5.93. The van der Waals surface area contributed by atoms with Crippen molar-refractivity contribution in [1.82, 2.24) is 9.88 Å². The van der Waals surface area contributed by atoms with Crippen LogP contribution in [0.3, 0.4) is 0 Å². The highest BCUT2D eigenvalue weighted by molar-refractivity contribution is 6.16. The molecular weight excluding hydrogens is 530 g/mol. The van der Waals surface area contributed by atoms with Gasteiger partial charge in [-0.15, -0.1) is 0 Å². The molecule has 1 aromatic heterocycles. The lowest BCUT2D eigenvalue weighted by Crippen LogP contribution is -2.49. The second kappa shape index (κ2) is 9.69. The molecule has 3 aliphatic heterocycles. The molecule has 4 heterocycles. The van der Waals surface area contributed by atoms with E-state index in [1.807, 2.05) is 65.7 Å². The van der Waals surface area contributed by atoms with Gasteiger partial charge in [0.25, 0.3) is 0 Å². The first-order valence-electron chi connectivity index (χ1n) is 13.7. The summed E-state index contributed by atoms with van der Waals surface area (Å²) in [5.74, 6) is -1.23. The Hall–Kier alpha value is -5.24. The molecule has 0 unspecified atom stereocenters. The minimum atomic E-state index is -1.41. The van der Waals surface area contributed by atoms with E-state index in [4.69, 9.17) is 9.47 Å². The van der Waals surface area contributed by atoms with E-state index in [1.54, 1.807) is 42.6 Å². The first-order chi connectivity index (χ1) is 20.5. The number of Topliss-reactive ketones (excluding diaryl/α,β-unsaturated/α-hetero) is 2. The smallest absolute Gasteiger partial charge is 0.238 e. The van der Waals surface area contributed by atoms with E-state index in [0.29, 0.717) is 28.3 Å². The lowest BCUT2D eigenvalue weighted by Gasteiger charge is -2.38. The first-order valence-corrected chi connectivity index (χ1v) is 13.7. The number of nitrogens with zero attached hydrogens (tertiary/aromatic N) is 2. The number of para-hydroxylation sites is 1. The van der Waals surface area contributed by atoms with Gasteiger partial charge < -0.3 is 19.7 Å². The van der Waals surface area contributed by atoms with Gasteiger partial charge in [-0.2, -0.15) is 0 Å². The molecule has 1 saturated heterocycles. The minimum absolute atomic E-state index is 0.196. The molecule has 7 rings (SSSR count). The lowest BCUT2D eigenvalue weighted by atomic mass is 9.63. The van der Waals surface area contributed by atoms with Gasteiger partial charge in [0.05, 0.1) is 26.2 Å². The fraction of sp³-hybridized carbons (Fsp3) is 0.176. The number of rotatable bonds is 6. The van der Waals surface area contributed by atoms with Crippen LogP contribution in [0.5, 0.6) is 11.5 Å². The Bertz CT molecular complexity index is 1790. The first kappa shape index (κ1) is 25.7. The van der Waals surface area contributed by atoms with E-state index < -0.39 is 23.4 Å². The van der Waals surface area contributed by atoms with Gasteiger partial charge in [0.2, 0.25) is 5.91 Å². The average Bonchev–Trinajstić information content (AvgIpc) is 3.52. The quantitative estimate of drug-likeness (QED) is 0.330. The number of amides is 1. The van der Waals surface area contributed by atoms with Crippen molar-refractivity contribution in [3.8, 4) is 11.5 Å². The fourth-order valence-corrected chi connectivity index (χ4v) is 7.00. The van der Waals surface area contributed by atoms with Gasteiger partial charge in [0.1, 0.15) is 17.2 Å². The van der Waals surface area contributed by atoms with Crippen LogP contribution in [-0.2, 0) is 10.2 Å². The predicted molar refractivity (Wildman–Crippen MR) is 157 cm³/mol. The summed E-state index contributed by atoms with van der Waals surface area (Å²) < 4.78 is 10.9. The lowest BCUT2D eigenvalue weighted by molar-refractivity contribution is -0.122. The Morgan fingerprint density at radius 3 is 2.43 bits per heavy atom. The number of methoxy groups -OCH3 is 2. The summed E-state index contributed by atoms with van der Waals surface area (Å²) >= 11 is 0. The van der Waals surface area contributed by atoms with Gasteiger partial charge in [-0.05, 0) is 59.2 Å². The molecule has 0 radical (unpaired) electrons. The van der Waals surface area contributed by atoms with E-state index in [9.17, 15) is 14.4 Å². The highest BCUT2D eigenvalue weighted by Gasteiger charge is 2.70. The summed E-state index contributed by atoms with van der Waals surface area (Å²) in [5, 5.41) is 3.05. The number of benzene rings is 3. The zero-order valence-electron chi connectivity index (χ0n) is 23.0. The van der Waals surface area contributed by atoms with Crippen molar-refractivity contribution < 1.29 is 23.9 Å². The summed E-state index contributed by atoms with van der Waals surface area (Å²) in [7, 11) is 3.03. The van der Waals surface area contributed by atoms with Crippen molar-refractivity contribution in [2.45, 2.75) is 17.5 Å². The molecule has 1 amide bonds. The standard InChI is InChI=1S/C34H27N3O5/c1-41-26-15-14-21(19-27(26)42-2)30(38)29-28(31(39)25-13-7-8-17-35-25)34(23-11-5-6-12-24(23)36-33(34)40)32-22-10-4-3-9-20(22)16-18-37(29)32/h3-19,28-29,32H,1-2H3,(H,36,40)/t28-,29+,32-,34-/m1/s1. The second-order valence-electron chi connectivity index (χ2n) is 10.6. The highest BCUT2D eigenvalue weighted by atomic mass is 16.5. The Morgan fingerprint density at radius 2 is 1.64 bits per heavy atom. The summed E-state index contributed by atoms with van der Waals surface area (Å²) in [4.78, 5) is 50.1. The van der Waals surface area contributed by atoms with Crippen LogP contribution in [0, 0.1) is 5.92 Å². The number of ether oxygens (including phenoxy) is 2. The van der Waals surface area contributed by atoms with E-state index in [1.165, 1.54) is 14.2 Å². The molecule has 208 valence electrons. The van der Waals surface area contributed by atoms with Gasteiger partial charge in [-0.1, -0.05) is 48.5 Å². The number of pyridine rings is 1. The molecule has 0 aliphatic carbocycles. The summed E-state index contributed by atoms with van der Waals surface area (Å²) in [6.45, 7) is 0. The number of aromatic nitrogens is 1. The maximum atomic E-state index is 14.7. The monoisotopic (exact) mass is 557 g/mol. The summed E-state index contributed by atoms with van der Waals surface area (Å²) in [6, 6.07) is 23.6. The third-order valence-electron chi connectivity index (χ3n) is 8.71. The molecule has 8 nitrogen and oxygen atoms in total. The van der Waals surface area contributed by atoms with Gasteiger partial charge in [-0.3, -0.25) is 19.4 Å². The second-order valence-corrected chi connectivity index (χ2v) is 10.6. The molecule has 4 atom stereocenters. The molecule has 8 heteroatoms. The zero-order chi connectivity index (χ0) is 29.0. The number of anilines is 1. The predicted octanol–water partition coefficient (Wildman–Crippen LogP) is 5.08. The SMILES string of the molecule is COc1ccc(C(=O)[C@@H]2[C@H](C(=O)c3ccccn3)[C@@]3(C(=O)Nc4ccccc43)[C@H]3c4ccccc4C=CN23)cc1OC. The van der Waals surface area contributed by atoms with E-state index >= 15 is 0 Å². The van der Waals surface area contributed by atoms with Crippen LogP contribution in [0.4, 0.5) is 5.69 Å². The molecule has 3 aliphatic rings. The van der Waals surface area contributed by atoms with Gasteiger partial charge in [-0.25, -0.2) is 0 Å². The maximum Gasteiger partial charge on any atom is 0.238 e. The molecule has 42 heavy (non-hydrogen) atoms. The van der Waals surface area contributed by atoms with Crippen LogP contribution in [0.2, 0.25) is 0 Å². The molecule has 1 spiro atoms. The molecule has 0 bridgehead atoms. The van der Waals surface area contributed by atoms with Crippen LogP contribution in [-0.4, -0.2) is 47.6 Å². The third-order valence-corrected chi connectivity index (χ3v) is 8.71. The van der Waals surface area contributed by atoms with Crippen LogP contribution < -0.4 is 14.8 Å². The Morgan fingerprint density at radius 1 is 0.881 bits per heavy atom. The zero-order valence-corrected chi connectivity index (χ0v) is 23.0. The van der Waals surface area contributed by atoms with Crippen molar-refractivity contribution in [3.05, 3.63) is 125 Å². The van der Waals surface area contributed by atoms with Crippen LogP contribution in [0.1, 0.15) is 43.6 Å². The molecule has 1 fully saturated rings. The number of carbonyl (C=O) groups excluding carboxylic acids is 3. The summed E-state index contributed by atoms with van der Waals surface area (Å²) in [6.07, 6.45) is 5.32. The number of fused-ring (bicyclic) bond motifs is 6. The van der Waals surface area contributed by atoms with Crippen molar-refractivity contribution in [3.63, 3.8) is 0 Å². The molecular formula is C34H27N3O5. The van der Waals surface area contributed by atoms with E-state index in [2.05, 4.69) is 10.3 Å². The van der Waals surface area contributed by atoms with Crippen molar-refractivity contribution in [1.29, 1.82) is 0 Å². The number of hydrogen-bond acceptors (Lipinski definition) is 7. The van der Waals surface area contributed by atoms with Crippen molar-refractivity contribution in [2.75, 3.05) is 19.5 Å². The maximum absolute atomic E-state index is 14.7. The molecule has 3 aromatic carbocycles. The number of hydrogen-bond donors (Lipinski definition) is 1. The van der Waals surface area contributed by atoms with Gasteiger partial charge in [0, 0.05) is 23.6 Å². The Labute approximate surface area is 242 Å². The van der Waals surface area contributed by atoms with Crippen LogP contribution in [0.25, 0.3) is 6.08 Å². The largest absolute Gasteiger partial charge is 0.493 e. The Balaban J connectivity index is 1.52. The molecule has 4 aromatic rings. The van der Waals surface area contributed by atoms with Crippen molar-refractivity contribution in [2.24, 2.45) is 5.92 Å². The van der Waals surface area contributed by atoms with E-state index in [0.717, 1.165) is 11.1 Å². The van der Waals surface area contributed by atoms with Crippen LogP contribution in [0.15, 0.2) is 97.3 Å². The normalized spacial score (nSPS) is 23.1. The van der Waals surface area contributed by atoms with Gasteiger partial charge >= 0.3 is 0 Å². The van der Waals surface area contributed by atoms with Crippen molar-refractivity contribution >= 4 is 29.2 Å². The van der Waals surface area contributed by atoms with E-state index in [-0.39, 0.29) is 23.2 Å². The average molecular weight is 558 g/mol. The van der Waals surface area contributed by atoms with Gasteiger partial charge in [0.15, 0.2) is 23.1 Å².